The number of hydrogen-bond donors (Lipinski definition) is 0. The number of fused-ring (bicyclic) bond motifs is 1. The third-order valence-electron chi connectivity index (χ3n) is 4.17. The minimum Gasteiger partial charge on any atom is -0.274 e. The third-order valence-corrected chi connectivity index (χ3v) is 4.17. The molecule has 1 aromatic carbocycles. The molecule has 0 unspecified atom stereocenters. The molecule has 0 spiro atoms. The molecular formula is C19H25NO2. The van der Waals surface area contributed by atoms with Gasteiger partial charge in [0.2, 0.25) is 0 Å². The van der Waals surface area contributed by atoms with Crippen molar-refractivity contribution < 1.29 is 9.59 Å². The first kappa shape index (κ1) is 16.5. The largest absolute Gasteiger partial charge is 0.274 e. The van der Waals surface area contributed by atoms with E-state index in [0.29, 0.717) is 23.6 Å². The summed E-state index contributed by atoms with van der Waals surface area (Å²) in [6, 6.07) is 7.08. The van der Waals surface area contributed by atoms with Crippen LogP contribution < -0.4 is 0 Å². The smallest absolute Gasteiger partial charge is 0.261 e. The van der Waals surface area contributed by atoms with Crippen LogP contribution in [-0.4, -0.2) is 23.3 Å². The van der Waals surface area contributed by atoms with E-state index >= 15 is 0 Å². The van der Waals surface area contributed by atoms with Crippen LogP contribution in [-0.2, 0) is 0 Å². The number of allylic oxidation sites excluding steroid dienone is 2. The topological polar surface area (TPSA) is 37.4 Å². The zero-order chi connectivity index (χ0) is 16.1. The lowest BCUT2D eigenvalue weighted by Crippen LogP contribution is -2.30. The average Bonchev–Trinajstić information content (AvgIpc) is 2.72. The molecule has 0 fully saturated rings. The summed E-state index contributed by atoms with van der Waals surface area (Å²) in [5.74, 6) is 0.335. The second kappa shape index (κ2) is 7.39. The fourth-order valence-electron chi connectivity index (χ4n) is 2.84. The highest BCUT2D eigenvalue weighted by molar-refractivity contribution is 6.21. The molecule has 0 aliphatic carbocycles. The van der Waals surface area contributed by atoms with Crippen molar-refractivity contribution in [1.29, 1.82) is 0 Å². The SMILES string of the molecule is CC(C)=CCC[C@H](C)CCCN1C(=O)c2ccccc2C1=O. The van der Waals surface area contributed by atoms with Crippen LogP contribution in [0.1, 0.15) is 67.2 Å². The lowest BCUT2D eigenvalue weighted by molar-refractivity contribution is 0.0650. The molecule has 1 aliphatic rings. The monoisotopic (exact) mass is 299 g/mol. The Bertz CT molecular complexity index is 550. The van der Waals surface area contributed by atoms with Crippen molar-refractivity contribution in [1.82, 2.24) is 4.90 Å². The summed E-state index contributed by atoms with van der Waals surface area (Å²) in [5, 5.41) is 0. The fourth-order valence-corrected chi connectivity index (χ4v) is 2.84. The molecule has 0 saturated carbocycles. The van der Waals surface area contributed by atoms with E-state index in [1.54, 1.807) is 24.3 Å². The Morgan fingerprint density at radius 1 is 1.09 bits per heavy atom. The van der Waals surface area contributed by atoms with Crippen molar-refractivity contribution >= 4 is 11.8 Å². The van der Waals surface area contributed by atoms with E-state index in [9.17, 15) is 9.59 Å². The van der Waals surface area contributed by atoms with Gasteiger partial charge in [-0.3, -0.25) is 14.5 Å². The van der Waals surface area contributed by atoms with E-state index in [1.165, 1.54) is 10.5 Å². The zero-order valence-corrected chi connectivity index (χ0v) is 13.8. The van der Waals surface area contributed by atoms with Gasteiger partial charge in [0.05, 0.1) is 11.1 Å². The maximum Gasteiger partial charge on any atom is 0.261 e. The van der Waals surface area contributed by atoms with Gasteiger partial charge in [-0.2, -0.15) is 0 Å². The first-order valence-electron chi connectivity index (χ1n) is 8.09. The van der Waals surface area contributed by atoms with Gasteiger partial charge in [0.1, 0.15) is 0 Å². The molecule has 0 aromatic heterocycles. The normalized spacial score (nSPS) is 15.0. The molecule has 1 atom stereocenters. The predicted molar refractivity (Wildman–Crippen MR) is 88.9 cm³/mol. The van der Waals surface area contributed by atoms with Gasteiger partial charge in [-0.05, 0) is 57.6 Å². The van der Waals surface area contributed by atoms with Gasteiger partial charge in [-0.15, -0.1) is 0 Å². The van der Waals surface area contributed by atoms with Crippen LogP contribution in [0.2, 0.25) is 0 Å². The highest BCUT2D eigenvalue weighted by atomic mass is 16.2. The van der Waals surface area contributed by atoms with Crippen molar-refractivity contribution in [3.05, 3.63) is 47.0 Å². The Labute approximate surface area is 133 Å². The number of hydrogen-bond acceptors (Lipinski definition) is 2. The molecule has 1 heterocycles. The highest BCUT2D eigenvalue weighted by Crippen LogP contribution is 2.23. The van der Waals surface area contributed by atoms with Crippen LogP contribution in [0.4, 0.5) is 0 Å². The molecule has 0 saturated heterocycles. The third kappa shape index (κ3) is 3.85. The molecule has 1 aliphatic heterocycles. The van der Waals surface area contributed by atoms with Gasteiger partial charge in [-0.25, -0.2) is 0 Å². The van der Waals surface area contributed by atoms with Crippen molar-refractivity contribution in [2.45, 2.75) is 46.5 Å². The van der Waals surface area contributed by atoms with Gasteiger partial charge < -0.3 is 0 Å². The van der Waals surface area contributed by atoms with Gasteiger partial charge in [0.25, 0.3) is 11.8 Å². The minimum atomic E-state index is -0.141. The number of carbonyl (C=O) groups excluding carboxylic acids is 2. The Balaban J connectivity index is 1.80. The molecule has 118 valence electrons. The molecule has 1 aromatic rings. The lowest BCUT2D eigenvalue weighted by atomic mass is 9.99. The highest BCUT2D eigenvalue weighted by Gasteiger charge is 2.34. The second-order valence-corrected chi connectivity index (χ2v) is 6.41. The summed E-state index contributed by atoms with van der Waals surface area (Å²) in [7, 11) is 0. The first-order chi connectivity index (χ1) is 10.5. The number of carbonyl (C=O) groups is 2. The summed E-state index contributed by atoms with van der Waals surface area (Å²) < 4.78 is 0. The number of rotatable bonds is 7. The van der Waals surface area contributed by atoms with E-state index in [-0.39, 0.29) is 11.8 Å². The van der Waals surface area contributed by atoms with Crippen molar-refractivity contribution in [2.24, 2.45) is 5.92 Å². The van der Waals surface area contributed by atoms with E-state index in [1.807, 2.05) is 0 Å². The summed E-state index contributed by atoms with van der Waals surface area (Å²) in [5.41, 5.74) is 2.45. The fraction of sp³-hybridized carbons (Fsp3) is 0.474. The van der Waals surface area contributed by atoms with Crippen LogP contribution in [0.25, 0.3) is 0 Å². The van der Waals surface area contributed by atoms with Gasteiger partial charge in [-0.1, -0.05) is 30.7 Å². The summed E-state index contributed by atoms with van der Waals surface area (Å²) in [4.78, 5) is 25.9. The molecular weight excluding hydrogens is 274 g/mol. The summed E-state index contributed by atoms with van der Waals surface area (Å²) in [6.45, 7) is 7.00. The maximum absolute atomic E-state index is 12.2. The average molecular weight is 299 g/mol. The van der Waals surface area contributed by atoms with Crippen LogP contribution in [0.3, 0.4) is 0 Å². The number of imide groups is 1. The molecule has 0 bridgehead atoms. The number of nitrogens with zero attached hydrogens (tertiary/aromatic N) is 1. The van der Waals surface area contributed by atoms with Crippen LogP contribution in [0, 0.1) is 5.92 Å². The number of amides is 2. The van der Waals surface area contributed by atoms with E-state index in [2.05, 4.69) is 26.8 Å². The molecule has 2 rings (SSSR count). The maximum atomic E-state index is 12.2. The Morgan fingerprint density at radius 3 is 2.23 bits per heavy atom. The first-order valence-corrected chi connectivity index (χ1v) is 8.09. The summed E-state index contributed by atoms with van der Waals surface area (Å²) in [6.07, 6.45) is 6.45. The zero-order valence-electron chi connectivity index (χ0n) is 13.8. The molecule has 0 radical (unpaired) electrons. The quantitative estimate of drug-likeness (QED) is 0.551. The van der Waals surface area contributed by atoms with Crippen LogP contribution in [0.5, 0.6) is 0 Å². The van der Waals surface area contributed by atoms with Gasteiger partial charge in [0.15, 0.2) is 0 Å². The van der Waals surface area contributed by atoms with Crippen molar-refractivity contribution in [3.8, 4) is 0 Å². The van der Waals surface area contributed by atoms with Crippen LogP contribution in [0.15, 0.2) is 35.9 Å². The van der Waals surface area contributed by atoms with Gasteiger partial charge in [0, 0.05) is 6.54 Å². The minimum absolute atomic E-state index is 0.141. The van der Waals surface area contributed by atoms with Crippen molar-refractivity contribution in [3.63, 3.8) is 0 Å². The second-order valence-electron chi connectivity index (χ2n) is 6.41. The Hall–Kier alpha value is -1.90. The molecule has 22 heavy (non-hydrogen) atoms. The molecule has 2 amide bonds. The molecule has 3 nitrogen and oxygen atoms in total. The summed E-state index contributed by atoms with van der Waals surface area (Å²) >= 11 is 0. The Morgan fingerprint density at radius 2 is 1.68 bits per heavy atom. The molecule has 3 heteroatoms. The van der Waals surface area contributed by atoms with E-state index in [0.717, 1.165) is 25.7 Å². The molecule has 0 N–H and O–H groups in total. The van der Waals surface area contributed by atoms with Crippen LogP contribution >= 0.6 is 0 Å². The van der Waals surface area contributed by atoms with E-state index in [4.69, 9.17) is 0 Å². The number of benzene rings is 1. The lowest BCUT2D eigenvalue weighted by Gasteiger charge is -2.15. The van der Waals surface area contributed by atoms with Gasteiger partial charge >= 0.3 is 0 Å². The standard InChI is InChI=1S/C19H25NO2/c1-14(2)8-6-9-15(3)10-7-13-20-18(21)16-11-4-5-12-17(16)19(20)22/h4-5,8,11-12,15H,6-7,9-10,13H2,1-3H3/t15-/m0/s1. The van der Waals surface area contributed by atoms with Crippen molar-refractivity contribution in [2.75, 3.05) is 6.54 Å². The Kier molecular flexibility index (Phi) is 5.53. The predicted octanol–water partition coefficient (Wildman–Crippen LogP) is 4.45. The van der Waals surface area contributed by atoms with E-state index < -0.39 is 0 Å².